The van der Waals surface area contributed by atoms with Crippen LogP contribution in [-0.2, 0) is 23.9 Å². The molecule has 2 aliphatic rings. The van der Waals surface area contributed by atoms with Gasteiger partial charge >= 0.3 is 11.9 Å². The van der Waals surface area contributed by atoms with E-state index in [0.29, 0.717) is 18.9 Å². The van der Waals surface area contributed by atoms with Gasteiger partial charge in [-0.1, -0.05) is 45.4 Å². The number of unbranched alkanes of at least 4 members (excludes halogenated alkanes) is 5. The molecule has 152 valence electrons. The van der Waals surface area contributed by atoms with E-state index in [9.17, 15) is 14.4 Å². The molecule has 0 N–H and O–H groups in total. The van der Waals surface area contributed by atoms with Crippen LogP contribution in [-0.4, -0.2) is 48.5 Å². The summed E-state index contributed by atoms with van der Waals surface area (Å²) in [4.78, 5) is 38.1. The molecule has 27 heavy (non-hydrogen) atoms. The van der Waals surface area contributed by atoms with Crippen molar-refractivity contribution in [2.24, 2.45) is 5.92 Å². The summed E-state index contributed by atoms with van der Waals surface area (Å²) in [6, 6.07) is -0.457. The number of nitrogens with zero attached hydrogens (tertiary/aromatic N) is 1. The minimum absolute atomic E-state index is 0.0754. The highest BCUT2D eigenvalue weighted by Crippen LogP contribution is 2.41. The Labute approximate surface area is 162 Å². The molecule has 6 nitrogen and oxygen atoms in total. The summed E-state index contributed by atoms with van der Waals surface area (Å²) >= 11 is 0. The molecular weight excluding hydrogens is 346 g/mol. The molecule has 2 fully saturated rings. The van der Waals surface area contributed by atoms with Crippen LogP contribution in [0.15, 0.2) is 12.2 Å². The second kappa shape index (κ2) is 11.1. The van der Waals surface area contributed by atoms with Crippen LogP contribution in [0.25, 0.3) is 0 Å². The number of likely N-dealkylation sites (tertiary alicyclic amines) is 1. The molecule has 1 saturated heterocycles. The van der Waals surface area contributed by atoms with Crippen molar-refractivity contribution in [3.8, 4) is 0 Å². The summed E-state index contributed by atoms with van der Waals surface area (Å²) in [5.41, 5.74) is 0. The van der Waals surface area contributed by atoms with Crippen LogP contribution in [0.3, 0.4) is 0 Å². The van der Waals surface area contributed by atoms with Crippen LogP contribution in [0.4, 0.5) is 0 Å². The molecule has 2 rings (SSSR count). The summed E-state index contributed by atoms with van der Waals surface area (Å²) in [5.74, 6) is -0.839. The minimum Gasteiger partial charge on any atom is -0.466 e. The molecule has 0 aromatic heterocycles. The number of amides is 1. The van der Waals surface area contributed by atoms with Crippen molar-refractivity contribution in [1.29, 1.82) is 0 Å². The fourth-order valence-electron chi connectivity index (χ4n) is 4.26. The summed E-state index contributed by atoms with van der Waals surface area (Å²) in [7, 11) is 1.27. The van der Waals surface area contributed by atoms with E-state index < -0.39 is 12.0 Å². The number of carbonyl (C=O) groups is 3. The lowest BCUT2D eigenvalue weighted by Gasteiger charge is -2.27. The van der Waals surface area contributed by atoms with E-state index in [4.69, 9.17) is 4.74 Å². The van der Waals surface area contributed by atoms with Crippen molar-refractivity contribution < 1.29 is 23.9 Å². The number of rotatable bonds is 10. The fourth-order valence-corrected chi connectivity index (χ4v) is 4.26. The predicted molar refractivity (Wildman–Crippen MR) is 102 cm³/mol. The van der Waals surface area contributed by atoms with Crippen LogP contribution in [0, 0.1) is 5.92 Å². The van der Waals surface area contributed by atoms with Gasteiger partial charge in [-0.2, -0.15) is 0 Å². The Balaban J connectivity index is 1.87. The molecule has 3 atom stereocenters. The van der Waals surface area contributed by atoms with Gasteiger partial charge in [0.05, 0.1) is 13.7 Å². The topological polar surface area (TPSA) is 72.9 Å². The first kappa shape index (κ1) is 21.5. The summed E-state index contributed by atoms with van der Waals surface area (Å²) in [5, 5.41) is 0. The van der Waals surface area contributed by atoms with Gasteiger partial charge in [0, 0.05) is 18.2 Å². The molecule has 0 radical (unpaired) electrons. The number of hydrogen-bond acceptors (Lipinski definition) is 5. The minimum atomic E-state index is -0.576. The summed E-state index contributed by atoms with van der Waals surface area (Å²) < 4.78 is 10.0. The lowest BCUT2D eigenvalue weighted by Crippen LogP contribution is -2.45. The average Bonchev–Trinajstić information content (AvgIpc) is 3.25. The molecule has 0 unspecified atom stereocenters. The van der Waals surface area contributed by atoms with Crippen LogP contribution in [0.1, 0.15) is 71.1 Å². The third kappa shape index (κ3) is 6.08. The molecule has 1 aliphatic heterocycles. The number of carbonyl (C=O) groups excluding carboxylic acids is 3. The SMILES string of the molecule is CCCCCCCCOC(=O)[C@@H]1C[C@@H]2CCC[C@@H]2N1C(=O)/C=C\C(=O)OC. The van der Waals surface area contributed by atoms with Gasteiger partial charge < -0.3 is 14.4 Å². The molecule has 6 heteroatoms. The lowest BCUT2D eigenvalue weighted by atomic mass is 10.0. The second-order valence-electron chi connectivity index (χ2n) is 7.55. The molecule has 1 amide bonds. The van der Waals surface area contributed by atoms with E-state index in [1.807, 2.05) is 0 Å². The Morgan fingerprint density at radius 1 is 1.04 bits per heavy atom. The van der Waals surface area contributed by atoms with Gasteiger partial charge in [0.15, 0.2) is 0 Å². The maximum atomic E-state index is 12.6. The van der Waals surface area contributed by atoms with Crippen molar-refractivity contribution >= 4 is 17.8 Å². The molecular formula is C21H33NO5. The summed E-state index contributed by atoms with van der Waals surface area (Å²) in [6.07, 6.45) is 12.8. The van der Waals surface area contributed by atoms with Gasteiger partial charge in [0.1, 0.15) is 6.04 Å². The van der Waals surface area contributed by atoms with Crippen molar-refractivity contribution in [3.63, 3.8) is 0 Å². The van der Waals surface area contributed by atoms with Gasteiger partial charge in [0.25, 0.3) is 0 Å². The van der Waals surface area contributed by atoms with Crippen LogP contribution in [0.2, 0.25) is 0 Å². The number of hydrogen-bond donors (Lipinski definition) is 0. The summed E-state index contributed by atoms with van der Waals surface area (Å²) in [6.45, 7) is 2.60. The molecule has 0 aromatic rings. The van der Waals surface area contributed by atoms with Gasteiger partial charge in [-0.25, -0.2) is 9.59 Å². The molecule has 1 aliphatic carbocycles. The Morgan fingerprint density at radius 2 is 1.78 bits per heavy atom. The highest BCUT2D eigenvalue weighted by atomic mass is 16.5. The largest absolute Gasteiger partial charge is 0.466 e. The third-order valence-electron chi connectivity index (χ3n) is 5.67. The smallest absolute Gasteiger partial charge is 0.330 e. The zero-order chi connectivity index (χ0) is 19.6. The standard InChI is InChI=1S/C21H33NO5/c1-3-4-5-6-7-8-14-27-21(25)18-15-16-10-9-11-17(16)22(18)19(23)12-13-20(24)26-2/h12-13,16-18H,3-11,14-15H2,1-2H3/b13-12-/t16-,17-,18-/m0/s1. The number of methoxy groups -OCH3 is 1. The maximum absolute atomic E-state index is 12.6. The van der Waals surface area contributed by atoms with Crippen LogP contribution in [0.5, 0.6) is 0 Å². The molecule has 1 heterocycles. The highest BCUT2D eigenvalue weighted by molar-refractivity contribution is 5.97. The first-order chi connectivity index (χ1) is 13.1. The number of ether oxygens (including phenoxy) is 2. The quantitative estimate of drug-likeness (QED) is 0.330. The Hall–Kier alpha value is -1.85. The van der Waals surface area contributed by atoms with Crippen molar-refractivity contribution in [1.82, 2.24) is 4.90 Å². The maximum Gasteiger partial charge on any atom is 0.330 e. The van der Waals surface area contributed by atoms with Crippen LogP contribution < -0.4 is 0 Å². The van der Waals surface area contributed by atoms with Crippen molar-refractivity contribution in [3.05, 3.63) is 12.2 Å². The number of esters is 2. The Morgan fingerprint density at radius 3 is 2.52 bits per heavy atom. The van der Waals surface area contributed by atoms with Gasteiger partial charge in [0.2, 0.25) is 5.91 Å². The van der Waals surface area contributed by atoms with Gasteiger partial charge in [-0.15, -0.1) is 0 Å². The van der Waals surface area contributed by atoms with E-state index >= 15 is 0 Å². The fraction of sp³-hybridized carbons (Fsp3) is 0.762. The molecule has 0 aromatic carbocycles. The van der Waals surface area contributed by atoms with Gasteiger partial charge in [-0.3, -0.25) is 4.79 Å². The molecule has 0 spiro atoms. The molecule has 0 bridgehead atoms. The Bertz CT molecular complexity index is 545. The lowest BCUT2D eigenvalue weighted by molar-refractivity contribution is -0.153. The van der Waals surface area contributed by atoms with Crippen molar-refractivity contribution in [2.75, 3.05) is 13.7 Å². The first-order valence-electron chi connectivity index (χ1n) is 10.3. The van der Waals surface area contributed by atoms with E-state index in [-0.39, 0.29) is 17.9 Å². The van der Waals surface area contributed by atoms with E-state index in [2.05, 4.69) is 11.7 Å². The first-order valence-corrected chi connectivity index (χ1v) is 10.3. The molecule has 1 saturated carbocycles. The highest BCUT2D eigenvalue weighted by Gasteiger charge is 2.48. The monoisotopic (exact) mass is 379 g/mol. The van der Waals surface area contributed by atoms with Crippen molar-refractivity contribution in [2.45, 2.75) is 83.2 Å². The second-order valence-corrected chi connectivity index (χ2v) is 7.55. The van der Waals surface area contributed by atoms with E-state index in [1.54, 1.807) is 4.90 Å². The van der Waals surface area contributed by atoms with Gasteiger partial charge in [-0.05, 0) is 31.6 Å². The van der Waals surface area contributed by atoms with E-state index in [1.165, 1.54) is 38.9 Å². The van der Waals surface area contributed by atoms with E-state index in [0.717, 1.165) is 38.2 Å². The predicted octanol–water partition coefficient (Wildman–Crippen LogP) is 3.39. The zero-order valence-electron chi connectivity index (χ0n) is 16.7. The number of fused-ring (bicyclic) bond motifs is 1. The van der Waals surface area contributed by atoms with Crippen LogP contribution >= 0.6 is 0 Å². The normalized spacial score (nSPS) is 24.2. The zero-order valence-corrected chi connectivity index (χ0v) is 16.7. The average molecular weight is 379 g/mol. The Kier molecular flexibility index (Phi) is 8.82. The third-order valence-corrected chi connectivity index (χ3v) is 5.67.